The number of nitrogens with zero attached hydrogens (tertiary/aromatic N) is 2. The van der Waals surface area contributed by atoms with Crippen molar-refractivity contribution in [2.45, 2.75) is 37.9 Å². The van der Waals surface area contributed by atoms with E-state index in [9.17, 15) is 4.79 Å². The number of hydrogen-bond donors (Lipinski definition) is 1. The lowest BCUT2D eigenvalue weighted by Gasteiger charge is -2.28. The van der Waals surface area contributed by atoms with Crippen LogP contribution in [0.15, 0.2) is 30.3 Å². The van der Waals surface area contributed by atoms with Gasteiger partial charge in [-0.1, -0.05) is 30.3 Å². The third-order valence-electron chi connectivity index (χ3n) is 4.48. The molecule has 0 aromatic heterocycles. The molecule has 1 heterocycles. The Morgan fingerprint density at radius 1 is 1.35 bits per heavy atom. The van der Waals surface area contributed by atoms with Crippen molar-refractivity contribution in [3.63, 3.8) is 0 Å². The van der Waals surface area contributed by atoms with E-state index in [4.69, 9.17) is 0 Å². The maximum atomic E-state index is 12.5. The van der Waals surface area contributed by atoms with E-state index in [1.807, 2.05) is 35.2 Å². The van der Waals surface area contributed by atoms with Crippen LogP contribution in [0.4, 0.5) is 0 Å². The molecule has 0 bridgehead atoms. The van der Waals surface area contributed by atoms with E-state index in [-0.39, 0.29) is 11.9 Å². The van der Waals surface area contributed by atoms with Crippen molar-refractivity contribution in [1.29, 1.82) is 0 Å². The van der Waals surface area contributed by atoms with Crippen molar-refractivity contribution in [2.24, 2.45) is 0 Å². The highest BCUT2D eigenvalue weighted by atomic mass is 16.2. The van der Waals surface area contributed by atoms with Gasteiger partial charge in [-0.15, -0.1) is 0 Å². The first-order chi connectivity index (χ1) is 9.66. The molecule has 1 aliphatic heterocycles. The molecule has 1 saturated heterocycles. The highest BCUT2D eigenvalue weighted by Gasteiger charge is 2.35. The van der Waals surface area contributed by atoms with Crippen molar-refractivity contribution >= 4 is 5.91 Å². The van der Waals surface area contributed by atoms with Gasteiger partial charge in [0.05, 0.1) is 6.67 Å². The topological polar surface area (TPSA) is 35.6 Å². The fourth-order valence-corrected chi connectivity index (χ4v) is 2.90. The Bertz CT molecular complexity index is 472. The Kier molecular flexibility index (Phi) is 3.76. The van der Waals surface area contributed by atoms with Gasteiger partial charge < -0.3 is 4.90 Å². The summed E-state index contributed by atoms with van der Waals surface area (Å²) in [7, 11) is 2.17. The molecule has 1 amide bonds. The minimum Gasteiger partial charge on any atom is -0.327 e. The maximum Gasteiger partial charge on any atom is 0.245 e. The van der Waals surface area contributed by atoms with E-state index in [2.05, 4.69) is 24.2 Å². The molecule has 2 fully saturated rings. The normalized spacial score (nSPS) is 24.4. The van der Waals surface area contributed by atoms with E-state index in [0.717, 1.165) is 18.2 Å². The molecule has 1 N–H and O–H groups in total. The monoisotopic (exact) mass is 273 g/mol. The van der Waals surface area contributed by atoms with Gasteiger partial charge in [0.25, 0.3) is 0 Å². The predicted octanol–water partition coefficient (Wildman–Crippen LogP) is 1.60. The van der Waals surface area contributed by atoms with Gasteiger partial charge >= 0.3 is 0 Å². The van der Waals surface area contributed by atoms with Gasteiger partial charge in [-0.3, -0.25) is 15.0 Å². The van der Waals surface area contributed by atoms with E-state index >= 15 is 0 Å². The molecule has 20 heavy (non-hydrogen) atoms. The number of nitrogens with one attached hydrogen (secondary N) is 1. The van der Waals surface area contributed by atoms with Crippen LogP contribution >= 0.6 is 0 Å². The van der Waals surface area contributed by atoms with Gasteiger partial charge in [0.1, 0.15) is 6.04 Å². The number of benzene rings is 1. The molecule has 1 aromatic rings. The fourth-order valence-electron chi connectivity index (χ4n) is 2.90. The summed E-state index contributed by atoms with van der Waals surface area (Å²) in [4.78, 5) is 16.8. The number of carbonyl (C=O) groups is 1. The van der Waals surface area contributed by atoms with Gasteiger partial charge in [0.2, 0.25) is 5.91 Å². The number of amides is 1. The summed E-state index contributed by atoms with van der Waals surface area (Å²) in [6.45, 7) is 3.67. The Hall–Kier alpha value is -1.39. The summed E-state index contributed by atoms with van der Waals surface area (Å²) < 4.78 is 0. The number of carbonyl (C=O) groups excluding carboxylic acids is 1. The molecule has 2 atom stereocenters. The molecule has 3 rings (SSSR count). The lowest BCUT2D eigenvalue weighted by Crippen LogP contribution is -2.42. The smallest absolute Gasteiger partial charge is 0.245 e. The molecule has 4 heteroatoms. The molecular formula is C16H23N3O. The molecule has 1 aromatic carbocycles. The standard InChI is InChI=1S/C16H23N3O/c1-12(18(2)14-8-9-14)10-19-11-17-15(16(19)20)13-6-4-3-5-7-13/h3-7,12,14-15,17H,8-11H2,1-2H3. The number of rotatable bonds is 5. The quantitative estimate of drug-likeness (QED) is 0.885. The van der Waals surface area contributed by atoms with E-state index in [0.29, 0.717) is 12.7 Å². The van der Waals surface area contributed by atoms with Gasteiger partial charge in [-0.05, 0) is 32.4 Å². The van der Waals surface area contributed by atoms with Crippen molar-refractivity contribution in [3.8, 4) is 0 Å². The lowest BCUT2D eigenvalue weighted by molar-refractivity contribution is -0.129. The van der Waals surface area contributed by atoms with Gasteiger partial charge in [0.15, 0.2) is 0 Å². The SMILES string of the molecule is CC(CN1CNC(c2ccccc2)C1=O)N(C)C1CC1. The Morgan fingerprint density at radius 2 is 2.05 bits per heavy atom. The largest absolute Gasteiger partial charge is 0.327 e. The van der Waals surface area contributed by atoms with E-state index in [1.54, 1.807) is 0 Å². The average Bonchev–Trinajstić information content (AvgIpc) is 3.25. The van der Waals surface area contributed by atoms with Crippen molar-refractivity contribution in [2.75, 3.05) is 20.3 Å². The second-order valence-corrected chi connectivity index (χ2v) is 6.01. The fraction of sp³-hybridized carbons (Fsp3) is 0.562. The second-order valence-electron chi connectivity index (χ2n) is 6.01. The summed E-state index contributed by atoms with van der Waals surface area (Å²) >= 11 is 0. The van der Waals surface area contributed by atoms with Crippen molar-refractivity contribution < 1.29 is 4.79 Å². The first-order valence-electron chi connectivity index (χ1n) is 7.46. The minimum atomic E-state index is -0.172. The molecular weight excluding hydrogens is 250 g/mol. The zero-order valence-corrected chi connectivity index (χ0v) is 12.2. The third-order valence-corrected chi connectivity index (χ3v) is 4.48. The second kappa shape index (κ2) is 5.54. The molecule has 2 unspecified atom stereocenters. The minimum absolute atomic E-state index is 0.172. The number of hydrogen-bond acceptors (Lipinski definition) is 3. The van der Waals surface area contributed by atoms with Crippen LogP contribution in [0.2, 0.25) is 0 Å². The van der Waals surface area contributed by atoms with Crippen LogP contribution in [-0.4, -0.2) is 48.1 Å². The predicted molar refractivity (Wildman–Crippen MR) is 79.1 cm³/mol. The first-order valence-corrected chi connectivity index (χ1v) is 7.46. The molecule has 108 valence electrons. The first kappa shape index (κ1) is 13.6. The molecule has 1 saturated carbocycles. The van der Waals surface area contributed by atoms with Crippen molar-refractivity contribution in [3.05, 3.63) is 35.9 Å². The molecule has 0 radical (unpaired) electrons. The van der Waals surface area contributed by atoms with Crippen LogP contribution in [-0.2, 0) is 4.79 Å². The average molecular weight is 273 g/mol. The number of likely N-dealkylation sites (N-methyl/N-ethyl adjacent to an activating group) is 1. The Labute approximate surface area is 120 Å². The van der Waals surface area contributed by atoms with E-state index < -0.39 is 0 Å². The van der Waals surface area contributed by atoms with Crippen LogP contribution < -0.4 is 5.32 Å². The third kappa shape index (κ3) is 2.72. The molecule has 1 aliphatic carbocycles. The Morgan fingerprint density at radius 3 is 2.70 bits per heavy atom. The Balaban J connectivity index is 1.61. The summed E-state index contributed by atoms with van der Waals surface area (Å²) in [5, 5.41) is 3.32. The van der Waals surface area contributed by atoms with Gasteiger partial charge in [-0.2, -0.15) is 0 Å². The summed E-state index contributed by atoms with van der Waals surface area (Å²) in [5.74, 6) is 0.201. The van der Waals surface area contributed by atoms with E-state index in [1.165, 1.54) is 12.8 Å². The zero-order chi connectivity index (χ0) is 14.1. The molecule has 0 spiro atoms. The molecule has 4 nitrogen and oxygen atoms in total. The summed E-state index contributed by atoms with van der Waals surface area (Å²) in [6.07, 6.45) is 2.61. The highest BCUT2D eigenvalue weighted by Crippen LogP contribution is 2.28. The van der Waals surface area contributed by atoms with Crippen LogP contribution in [0.1, 0.15) is 31.4 Å². The maximum absolute atomic E-state index is 12.5. The van der Waals surface area contributed by atoms with Gasteiger partial charge in [-0.25, -0.2) is 0 Å². The van der Waals surface area contributed by atoms with Gasteiger partial charge in [0, 0.05) is 18.6 Å². The van der Waals surface area contributed by atoms with Crippen molar-refractivity contribution in [1.82, 2.24) is 15.1 Å². The van der Waals surface area contributed by atoms with Crippen LogP contribution in [0.3, 0.4) is 0 Å². The lowest BCUT2D eigenvalue weighted by atomic mass is 10.1. The zero-order valence-electron chi connectivity index (χ0n) is 12.2. The molecule has 2 aliphatic rings. The summed E-state index contributed by atoms with van der Waals surface area (Å²) in [6, 6.07) is 11.0. The highest BCUT2D eigenvalue weighted by molar-refractivity contribution is 5.85. The summed E-state index contributed by atoms with van der Waals surface area (Å²) in [5.41, 5.74) is 1.06. The van der Waals surface area contributed by atoms with Crippen LogP contribution in [0, 0.1) is 0 Å². The van der Waals surface area contributed by atoms with Crippen LogP contribution in [0.5, 0.6) is 0 Å². The van der Waals surface area contributed by atoms with Crippen LogP contribution in [0.25, 0.3) is 0 Å².